The molecule has 2 aromatic rings. The van der Waals surface area contributed by atoms with Gasteiger partial charge in [-0.05, 0) is 69.6 Å². The normalized spacial score (nSPS) is 19.0. The number of hydrogen-bond donors (Lipinski definition) is 0. The van der Waals surface area contributed by atoms with E-state index in [1.165, 1.54) is 0 Å². The second-order valence-electron chi connectivity index (χ2n) is 8.38. The molecule has 6 nitrogen and oxygen atoms in total. The first-order chi connectivity index (χ1) is 14.6. The van der Waals surface area contributed by atoms with Crippen LogP contribution in [0.4, 0.5) is 0 Å². The van der Waals surface area contributed by atoms with Crippen molar-refractivity contribution in [2.45, 2.75) is 64.9 Å². The lowest BCUT2D eigenvalue weighted by Crippen LogP contribution is -2.45. The molecule has 1 saturated heterocycles. The van der Waals surface area contributed by atoms with Crippen molar-refractivity contribution >= 4 is 16.9 Å². The number of piperidine rings is 1. The van der Waals surface area contributed by atoms with Gasteiger partial charge in [-0.25, -0.2) is 4.79 Å². The van der Waals surface area contributed by atoms with Crippen LogP contribution < -0.4 is 10.4 Å². The Kier molecular flexibility index (Phi) is 6.42. The van der Waals surface area contributed by atoms with Gasteiger partial charge in [0.15, 0.2) is 6.61 Å². The van der Waals surface area contributed by atoms with Crippen molar-refractivity contribution in [2.75, 3.05) is 26.3 Å². The lowest BCUT2D eigenvalue weighted by Gasteiger charge is -2.32. The van der Waals surface area contributed by atoms with Crippen LogP contribution in [0.5, 0.6) is 5.75 Å². The van der Waals surface area contributed by atoms with E-state index >= 15 is 0 Å². The summed E-state index contributed by atoms with van der Waals surface area (Å²) in [6, 6.07) is 3.86. The summed E-state index contributed by atoms with van der Waals surface area (Å²) in [5.74, 6) is 0.553. The van der Waals surface area contributed by atoms with Crippen LogP contribution in [0.2, 0.25) is 0 Å². The monoisotopic (exact) mass is 413 g/mol. The highest BCUT2D eigenvalue weighted by Gasteiger charge is 2.25. The highest BCUT2D eigenvalue weighted by Crippen LogP contribution is 2.32. The minimum absolute atomic E-state index is 0.0258. The number of hydrogen-bond acceptors (Lipinski definition) is 5. The topological polar surface area (TPSA) is 69.0 Å². The summed E-state index contributed by atoms with van der Waals surface area (Å²) in [4.78, 5) is 27.0. The third-order valence-corrected chi connectivity index (χ3v) is 6.23. The highest BCUT2D eigenvalue weighted by atomic mass is 16.5. The number of likely N-dealkylation sites (tertiary alicyclic amines) is 1. The summed E-state index contributed by atoms with van der Waals surface area (Å²) in [6.45, 7) is 6.04. The Morgan fingerprint density at radius 3 is 2.80 bits per heavy atom. The zero-order valence-corrected chi connectivity index (χ0v) is 18.0. The molecule has 1 aliphatic carbocycles. The number of rotatable bonds is 6. The molecule has 0 saturated carbocycles. The van der Waals surface area contributed by atoms with Gasteiger partial charge in [-0.1, -0.05) is 6.92 Å². The molecule has 1 aliphatic heterocycles. The predicted molar refractivity (Wildman–Crippen MR) is 115 cm³/mol. The predicted octanol–water partition coefficient (Wildman–Crippen LogP) is 3.78. The first-order valence-electron chi connectivity index (χ1n) is 11.2. The van der Waals surface area contributed by atoms with Crippen molar-refractivity contribution in [3.05, 3.63) is 39.2 Å². The molecular formula is C24H31NO5. The van der Waals surface area contributed by atoms with Crippen LogP contribution in [0.3, 0.4) is 0 Å². The van der Waals surface area contributed by atoms with E-state index in [0.29, 0.717) is 17.9 Å². The molecule has 0 radical (unpaired) electrons. The molecule has 1 amide bonds. The van der Waals surface area contributed by atoms with Crippen LogP contribution in [-0.4, -0.2) is 43.2 Å². The molecule has 2 aliphatic rings. The summed E-state index contributed by atoms with van der Waals surface area (Å²) in [5.41, 5.74) is 3.05. The fourth-order valence-corrected chi connectivity index (χ4v) is 4.60. The molecule has 1 fully saturated rings. The Morgan fingerprint density at radius 2 is 2.00 bits per heavy atom. The second kappa shape index (κ2) is 9.21. The Balaban J connectivity index is 1.47. The van der Waals surface area contributed by atoms with Crippen molar-refractivity contribution < 1.29 is 18.7 Å². The molecule has 30 heavy (non-hydrogen) atoms. The minimum atomic E-state index is -0.236. The maximum Gasteiger partial charge on any atom is 0.339 e. The maximum absolute atomic E-state index is 12.7. The average Bonchev–Trinajstić information content (AvgIpc) is 2.78. The smallest absolute Gasteiger partial charge is 0.339 e. The molecule has 1 aromatic carbocycles. The number of ether oxygens (including phenoxy) is 2. The third-order valence-electron chi connectivity index (χ3n) is 6.23. The fourth-order valence-electron chi connectivity index (χ4n) is 4.60. The first kappa shape index (κ1) is 20.9. The quantitative estimate of drug-likeness (QED) is 0.674. The third kappa shape index (κ3) is 4.24. The van der Waals surface area contributed by atoms with E-state index in [1.54, 1.807) is 0 Å². The van der Waals surface area contributed by atoms with E-state index in [0.717, 1.165) is 80.2 Å². The summed E-state index contributed by atoms with van der Waals surface area (Å²) < 4.78 is 17.3. The number of amides is 1. The molecule has 0 spiro atoms. The fraction of sp³-hybridized carbons (Fsp3) is 0.583. The van der Waals surface area contributed by atoms with Crippen molar-refractivity contribution in [2.24, 2.45) is 0 Å². The van der Waals surface area contributed by atoms with Crippen molar-refractivity contribution in [3.63, 3.8) is 0 Å². The second-order valence-corrected chi connectivity index (χ2v) is 8.38. The highest BCUT2D eigenvalue weighted by molar-refractivity contribution is 5.86. The van der Waals surface area contributed by atoms with Gasteiger partial charge in [0.2, 0.25) is 0 Å². The number of carbonyl (C=O) groups is 1. The van der Waals surface area contributed by atoms with Crippen molar-refractivity contribution in [1.82, 2.24) is 4.90 Å². The van der Waals surface area contributed by atoms with E-state index in [1.807, 2.05) is 24.0 Å². The largest absolute Gasteiger partial charge is 0.483 e. The Labute approximate surface area is 177 Å². The lowest BCUT2D eigenvalue weighted by atomic mass is 9.90. The molecule has 6 heteroatoms. The molecule has 2 heterocycles. The van der Waals surface area contributed by atoms with E-state index < -0.39 is 0 Å². The molecule has 0 N–H and O–H groups in total. The molecular weight excluding hydrogens is 382 g/mol. The van der Waals surface area contributed by atoms with E-state index in [4.69, 9.17) is 13.9 Å². The van der Waals surface area contributed by atoms with Crippen molar-refractivity contribution in [3.8, 4) is 5.75 Å². The van der Waals surface area contributed by atoms with Crippen LogP contribution in [0, 0.1) is 6.92 Å². The van der Waals surface area contributed by atoms with Crippen LogP contribution in [0.25, 0.3) is 11.0 Å². The summed E-state index contributed by atoms with van der Waals surface area (Å²) in [7, 11) is 0. The Morgan fingerprint density at radius 1 is 1.20 bits per heavy atom. The summed E-state index contributed by atoms with van der Waals surface area (Å²) in [5, 5.41) is 0.993. The van der Waals surface area contributed by atoms with E-state index in [2.05, 4.69) is 6.92 Å². The Hall–Kier alpha value is -2.34. The molecule has 1 aromatic heterocycles. The van der Waals surface area contributed by atoms with Gasteiger partial charge < -0.3 is 18.8 Å². The zero-order chi connectivity index (χ0) is 21.1. The van der Waals surface area contributed by atoms with Gasteiger partial charge in [0.1, 0.15) is 11.3 Å². The minimum Gasteiger partial charge on any atom is -0.483 e. The summed E-state index contributed by atoms with van der Waals surface area (Å²) in [6.07, 6.45) is 6.87. The van der Waals surface area contributed by atoms with Gasteiger partial charge >= 0.3 is 5.63 Å². The van der Waals surface area contributed by atoms with Gasteiger partial charge in [-0.2, -0.15) is 0 Å². The number of nitrogens with zero attached hydrogens (tertiary/aromatic N) is 1. The maximum atomic E-state index is 12.7. The number of aryl methyl sites for hydroxylation is 2. The van der Waals surface area contributed by atoms with E-state index in [-0.39, 0.29) is 24.2 Å². The zero-order valence-electron chi connectivity index (χ0n) is 18.0. The SMILES string of the molecule is CCCOC1CCCN(C(=O)COc2ccc3c4c(c(=O)oc3c2C)CCCC4)C1. The number of fused-ring (bicyclic) bond motifs is 3. The van der Waals surface area contributed by atoms with Gasteiger partial charge in [-0.15, -0.1) is 0 Å². The molecule has 162 valence electrons. The number of carbonyl (C=O) groups excluding carboxylic acids is 1. The van der Waals surface area contributed by atoms with E-state index in [9.17, 15) is 9.59 Å². The summed E-state index contributed by atoms with van der Waals surface area (Å²) >= 11 is 0. The molecule has 4 rings (SSSR count). The first-order valence-corrected chi connectivity index (χ1v) is 11.2. The molecule has 1 unspecified atom stereocenters. The molecule has 1 atom stereocenters. The lowest BCUT2D eigenvalue weighted by molar-refractivity contribution is -0.137. The number of benzene rings is 1. The van der Waals surface area contributed by atoms with Crippen molar-refractivity contribution in [1.29, 1.82) is 0 Å². The van der Waals surface area contributed by atoms with Gasteiger partial charge in [0.25, 0.3) is 5.91 Å². The van der Waals surface area contributed by atoms with Gasteiger partial charge in [0.05, 0.1) is 6.10 Å². The standard InChI is InChI=1S/C24H31NO5/c1-3-13-28-17-7-6-12-25(14-17)22(26)15-29-21-11-10-19-18-8-4-5-9-20(18)24(27)30-23(19)16(21)2/h10-11,17H,3-9,12-15H2,1-2H3. The molecule has 0 bridgehead atoms. The van der Waals surface area contributed by atoms with Crippen LogP contribution in [0.1, 0.15) is 55.7 Å². The van der Waals surface area contributed by atoms with Crippen LogP contribution in [0.15, 0.2) is 21.3 Å². The van der Waals surface area contributed by atoms with Crippen LogP contribution >= 0.6 is 0 Å². The average molecular weight is 414 g/mol. The Bertz CT molecular complexity index is 980. The van der Waals surface area contributed by atoms with Crippen LogP contribution in [-0.2, 0) is 22.4 Å². The van der Waals surface area contributed by atoms with Gasteiger partial charge in [0, 0.05) is 36.2 Å². The van der Waals surface area contributed by atoms with Gasteiger partial charge in [-0.3, -0.25) is 4.79 Å².